The second kappa shape index (κ2) is 3.98. The quantitative estimate of drug-likeness (QED) is 0.800. The standard InChI is InChI=1S/C15H17N3O2/c1-15(2)6-5-13-16-17-14(18(13)8-15)10-3-4-11-12(7-10)20-9-19-11/h3-4,7H,5-6,8-9H2,1-2H3. The van der Waals surface area contributed by atoms with Gasteiger partial charge in [-0.2, -0.15) is 0 Å². The maximum Gasteiger partial charge on any atom is 0.231 e. The molecule has 2 aliphatic rings. The molecule has 5 heteroatoms. The van der Waals surface area contributed by atoms with Crippen LogP contribution in [0.1, 0.15) is 26.1 Å². The van der Waals surface area contributed by atoms with Crippen molar-refractivity contribution in [1.82, 2.24) is 14.8 Å². The van der Waals surface area contributed by atoms with Crippen molar-refractivity contribution in [1.29, 1.82) is 0 Å². The van der Waals surface area contributed by atoms with E-state index in [-0.39, 0.29) is 0 Å². The van der Waals surface area contributed by atoms with Crippen molar-refractivity contribution in [3.05, 3.63) is 24.0 Å². The molecule has 104 valence electrons. The first-order valence-corrected chi connectivity index (χ1v) is 6.94. The second-order valence-electron chi connectivity index (χ2n) is 6.26. The predicted molar refractivity (Wildman–Crippen MR) is 73.7 cm³/mol. The maximum absolute atomic E-state index is 5.44. The molecule has 1 aromatic heterocycles. The molecule has 4 rings (SSSR count). The fourth-order valence-electron chi connectivity index (χ4n) is 2.89. The van der Waals surface area contributed by atoms with Gasteiger partial charge in [-0.05, 0) is 30.0 Å². The van der Waals surface area contributed by atoms with Gasteiger partial charge in [0.1, 0.15) is 5.82 Å². The van der Waals surface area contributed by atoms with Crippen LogP contribution >= 0.6 is 0 Å². The molecule has 0 atom stereocenters. The van der Waals surface area contributed by atoms with E-state index >= 15 is 0 Å². The Morgan fingerprint density at radius 3 is 2.90 bits per heavy atom. The molecule has 0 radical (unpaired) electrons. The second-order valence-corrected chi connectivity index (χ2v) is 6.26. The molecule has 3 heterocycles. The highest BCUT2D eigenvalue weighted by atomic mass is 16.7. The Kier molecular flexibility index (Phi) is 2.34. The van der Waals surface area contributed by atoms with Gasteiger partial charge in [-0.3, -0.25) is 0 Å². The summed E-state index contributed by atoms with van der Waals surface area (Å²) in [6, 6.07) is 5.95. The van der Waals surface area contributed by atoms with Crippen molar-refractivity contribution in [3.63, 3.8) is 0 Å². The lowest BCUT2D eigenvalue weighted by Crippen LogP contribution is -2.27. The Bertz CT molecular complexity index is 676. The number of aromatic nitrogens is 3. The molecule has 2 aliphatic heterocycles. The van der Waals surface area contributed by atoms with E-state index in [9.17, 15) is 0 Å². The zero-order valence-corrected chi connectivity index (χ0v) is 11.7. The van der Waals surface area contributed by atoms with E-state index in [1.807, 2.05) is 18.2 Å². The average Bonchev–Trinajstić information content (AvgIpc) is 3.02. The van der Waals surface area contributed by atoms with Gasteiger partial charge in [-0.25, -0.2) is 0 Å². The largest absolute Gasteiger partial charge is 0.454 e. The van der Waals surface area contributed by atoms with E-state index in [0.717, 1.165) is 48.1 Å². The van der Waals surface area contributed by atoms with E-state index in [0.29, 0.717) is 12.2 Å². The highest BCUT2D eigenvalue weighted by Crippen LogP contribution is 2.37. The van der Waals surface area contributed by atoms with Crippen LogP contribution in [0.25, 0.3) is 11.4 Å². The first kappa shape index (κ1) is 11.8. The topological polar surface area (TPSA) is 49.2 Å². The lowest BCUT2D eigenvalue weighted by Gasteiger charge is -2.30. The van der Waals surface area contributed by atoms with Gasteiger partial charge in [0.25, 0.3) is 0 Å². The van der Waals surface area contributed by atoms with Gasteiger partial charge in [-0.1, -0.05) is 13.8 Å². The summed E-state index contributed by atoms with van der Waals surface area (Å²) < 4.78 is 13.0. The number of aryl methyl sites for hydroxylation is 1. The number of fused-ring (bicyclic) bond motifs is 2. The van der Waals surface area contributed by atoms with E-state index in [4.69, 9.17) is 9.47 Å². The Hall–Kier alpha value is -2.04. The van der Waals surface area contributed by atoms with Crippen molar-refractivity contribution >= 4 is 0 Å². The maximum atomic E-state index is 5.44. The Morgan fingerprint density at radius 2 is 2.00 bits per heavy atom. The minimum atomic E-state index is 0.292. The van der Waals surface area contributed by atoms with E-state index in [1.165, 1.54) is 0 Å². The number of benzene rings is 1. The lowest BCUT2D eigenvalue weighted by molar-refractivity contribution is 0.174. The van der Waals surface area contributed by atoms with Crippen LogP contribution in [0.4, 0.5) is 0 Å². The Balaban J connectivity index is 1.78. The third kappa shape index (κ3) is 1.77. The zero-order valence-electron chi connectivity index (χ0n) is 11.7. The SMILES string of the molecule is CC1(C)CCc2nnc(-c3ccc4c(c3)OCO4)n2C1. The number of rotatable bonds is 1. The fraction of sp³-hybridized carbons (Fsp3) is 0.467. The van der Waals surface area contributed by atoms with Crippen LogP contribution in [0, 0.1) is 5.41 Å². The number of ether oxygens (including phenoxy) is 2. The number of hydrogen-bond donors (Lipinski definition) is 0. The van der Waals surface area contributed by atoms with Crippen molar-refractivity contribution in [2.75, 3.05) is 6.79 Å². The third-order valence-corrected chi connectivity index (χ3v) is 4.07. The average molecular weight is 271 g/mol. The van der Waals surface area contributed by atoms with Crippen molar-refractivity contribution < 1.29 is 9.47 Å². The molecule has 0 saturated carbocycles. The van der Waals surface area contributed by atoms with Crippen LogP contribution < -0.4 is 9.47 Å². The number of hydrogen-bond acceptors (Lipinski definition) is 4. The zero-order chi connectivity index (χ0) is 13.7. The van der Waals surface area contributed by atoms with Gasteiger partial charge < -0.3 is 14.0 Å². The molecular weight excluding hydrogens is 254 g/mol. The van der Waals surface area contributed by atoms with Crippen LogP contribution in [0.15, 0.2) is 18.2 Å². The van der Waals surface area contributed by atoms with E-state index < -0.39 is 0 Å². The van der Waals surface area contributed by atoms with Crippen molar-refractivity contribution in [2.45, 2.75) is 33.2 Å². The highest BCUT2D eigenvalue weighted by molar-refractivity contribution is 5.62. The minimum absolute atomic E-state index is 0.292. The summed E-state index contributed by atoms with van der Waals surface area (Å²) in [5.74, 6) is 3.59. The molecule has 0 saturated heterocycles. The molecular formula is C15H17N3O2. The highest BCUT2D eigenvalue weighted by Gasteiger charge is 2.29. The first-order chi connectivity index (χ1) is 9.62. The van der Waals surface area contributed by atoms with Gasteiger partial charge in [0.05, 0.1) is 0 Å². The molecule has 0 amide bonds. The summed E-state index contributed by atoms with van der Waals surface area (Å²) in [5.41, 5.74) is 1.33. The molecule has 0 aliphatic carbocycles. The summed E-state index contributed by atoms with van der Waals surface area (Å²) >= 11 is 0. The van der Waals surface area contributed by atoms with Crippen LogP contribution in [0.3, 0.4) is 0 Å². The monoisotopic (exact) mass is 271 g/mol. The van der Waals surface area contributed by atoms with Gasteiger partial charge in [0.15, 0.2) is 17.3 Å². The summed E-state index contributed by atoms with van der Waals surface area (Å²) in [6.07, 6.45) is 2.15. The molecule has 1 aromatic carbocycles. The minimum Gasteiger partial charge on any atom is -0.454 e. The normalized spacial score (nSPS) is 18.9. The van der Waals surface area contributed by atoms with Gasteiger partial charge in [0, 0.05) is 18.5 Å². The molecule has 5 nitrogen and oxygen atoms in total. The van der Waals surface area contributed by atoms with Crippen molar-refractivity contribution in [2.24, 2.45) is 5.41 Å². The van der Waals surface area contributed by atoms with Crippen LogP contribution in [0.5, 0.6) is 11.5 Å². The van der Waals surface area contributed by atoms with Gasteiger partial charge in [0.2, 0.25) is 6.79 Å². The predicted octanol–water partition coefficient (Wildman–Crippen LogP) is 2.65. The Morgan fingerprint density at radius 1 is 1.15 bits per heavy atom. The lowest BCUT2D eigenvalue weighted by atomic mass is 9.85. The van der Waals surface area contributed by atoms with Gasteiger partial charge in [-0.15, -0.1) is 10.2 Å². The summed E-state index contributed by atoms with van der Waals surface area (Å²) in [7, 11) is 0. The molecule has 2 aromatic rings. The summed E-state index contributed by atoms with van der Waals surface area (Å²) in [5, 5.41) is 8.71. The third-order valence-electron chi connectivity index (χ3n) is 4.07. The molecule has 0 N–H and O–H groups in total. The van der Waals surface area contributed by atoms with Gasteiger partial charge >= 0.3 is 0 Å². The molecule has 20 heavy (non-hydrogen) atoms. The molecule has 0 spiro atoms. The molecule has 0 bridgehead atoms. The van der Waals surface area contributed by atoms with E-state index in [2.05, 4.69) is 28.6 Å². The first-order valence-electron chi connectivity index (χ1n) is 6.94. The summed E-state index contributed by atoms with van der Waals surface area (Å²) in [4.78, 5) is 0. The fourth-order valence-corrected chi connectivity index (χ4v) is 2.89. The smallest absolute Gasteiger partial charge is 0.231 e. The van der Waals surface area contributed by atoms with Crippen LogP contribution in [-0.4, -0.2) is 21.6 Å². The Labute approximate surface area is 117 Å². The van der Waals surface area contributed by atoms with Crippen LogP contribution in [-0.2, 0) is 13.0 Å². The molecule has 0 fully saturated rings. The van der Waals surface area contributed by atoms with Crippen LogP contribution in [0.2, 0.25) is 0 Å². The van der Waals surface area contributed by atoms with Crippen molar-refractivity contribution in [3.8, 4) is 22.9 Å². The summed E-state index contributed by atoms with van der Waals surface area (Å²) in [6.45, 7) is 5.83. The molecule has 0 unspecified atom stereocenters. The van der Waals surface area contributed by atoms with E-state index in [1.54, 1.807) is 0 Å². The number of nitrogens with zero attached hydrogens (tertiary/aromatic N) is 3.